The molecule has 0 amide bonds. The second kappa shape index (κ2) is 7.22. The van der Waals surface area contributed by atoms with E-state index in [2.05, 4.69) is 17.2 Å². The molecule has 0 aromatic carbocycles. The number of hydrogen-bond acceptors (Lipinski definition) is 4. The molecule has 1 heterocycles. The van der Waals surface area contributed by atoms with Crippen molar-refractivity contribution in [1.82, 2.24) is 4.98 Å². The van der Waals surface area contributed by atoms with Gasteiger partial charge < -0.3 is 10.4 Å². The van der Waals surface area contributed by atoms with Crippen LogP contribution in [0.2, 0.25) is 0 Å². The second-order valence-electron chi connectivity index (χ2n) is 3.67. The number of anilines is 1. The summed E-state index contributed by atoms with van der Waals surface area (Å²) in [6.07, 6.45) is 4.26. The first-order valence-corrected chi connectivity index (χ1v) is 6.50. The summed E-state index contributed by atoms with van der Waals surface area (Å²) >= 11 is 1.54. The van der Waals surface area contributed by atoms with Gasteiger partial charge in [-0.25, -0.2) is 4.98 Å². The monoisotopic (exact) mass is 242 g/mol. The van der Waals surface area contributed by atoms with Crippen LogP contribution in [0.15, 0.2) is 5.38 Å². The predicted molar refractivity (Wildman–Crippen MR) is 66.1 cm³/mol. The summed E-state index contributed by atoms with van der Waals surface area (Å²) in [7, 11) is 0. The summed E-state index contributed by atoms with van der Waals surface area (Å²) < 4.78 is 0. The summed E-state index contributed by atoms with van der Waals surface area (Å²) in [5, 5.41) is 14.6. The van der Waals surface area contributed by atoms with E-state index >= 15 is 0 Å². The fourth-order valence-corrected chi connectivity index (χ4v) is 2.08. The molecule has 1 aromatic rings. The normalized spacial score (nSPS) is 10.3. The van der Waals surface area contributed by atoms with Crippen molar-refractivity contribution in [1.29, 1.82) is 0 Å². The van der Waals surface area contributed by atoms with Gasteiger partial charge >= 0.3 is 5.97 Å². The van der Waals surface area contributed by atoms with Crippen molar-refractivity contribution in [2.24, 2.45) is 0 Å². The van der Waals surface area contributed by atoms with Crippen LogP contribution in [0.4, 0.5) is 5.13 Å². The van der Waals surface area contributed by atoms with Crippen molar-refractivity contribution in [3.63, 3.8) is 0 Å². The number of carboxylic acids is 1. The van der Waals surface area contributed by atoms with Gasteiger partial charge in [-0.3, -0.25) is 4.79 Å². The highest BCUT2D eigenvalue weighted by atomic mass is 32.1. The van der Waals surface area contributed by atoms with Crippen LogP contribution >= 0.6 is 11.3 Å². The Morgan fingerprint density at radius 3 is 3.06 bits per heavy atom. The summed E-state index contributed by atoms with van der Waals surface area (Å²) in [5.74, 6) is -0.773. The molecule has 0 unspecified atom stereocenters. The van der Waals surface area contributed by atoms with Crippen LogP contribution < -0.4 is 5.32 Å². The average molecular weight is 242 g/mol. The van der Waals surface area contributed by atoms with Crippen molar-refractivity contribution >= 4 is 22.4 Å². The van der Waals surface area contributed by atoms with E-state index in [4.69, 9.17) is 5.11 Å². The van der Waals surface area contributed by atoms with Crippen molar-refractivity contribution < 1.29 is 9.90 Å². The minimum absolute atomic E-state index is 0.152. The first-order chi connectivity index (χ1) is 7.72. The van der Waals surface area contributed by atoms with Gasteiger partial charge in [0.15, 0.2) is 5.13 Å². The van der Waals surface area contributed by atoms with Crippen LogP contribution in [0.5, 0.6) is 0 Å². The van der Waals surface area contributed by atoms with Gasteiger partial charge in [-0.15, -0.1) is 11.3 Å². The van der Waals surface area contributed by atoms with E-state index in [1.165, 1.54) is 12.8 Å². The van der Waals surface area contributed by atoms with E-state index in [1.807, 2.05) is 5.38 Å². The molecule has 0 aliphatic heterocycles. The first-order valence-electron chi connectivity index (χ1n) is 5.62. The van der Waals surface area contributed by atoms with Crippen LogP contribution in [-0.4, -0.2) is 22.6 Å². The van der Waals surface area contributed by atoms with Gasteiger partial charge in [0, 0.05) is 18.3 Å². The number of aliphatic carboxylic acids is 1. The molecule has 0 spiro atoms. The minimum Gasteiger partial charge on any atom is -0.481 e. The SMILES string of the molecule is CCCCCNc1nc(CCC(=O)O)cs1. The number of carboxylic acid groups (broad SMARTS) is 1. The van der Waals surface area contributed by atoms with Crippen molar-refractivity contribution in [2.45, 2.75) is 39.0 Å². The highest BCUT2D eigenvalue weighted by molar-refractivity contribution is 7.13. The Morgan fingerprint density at radius 2 is 2.38 bits per heavy atom. The van der Waals surface area contributed by atoms with Gasteiger partial charge in [-0.05, 0) is 6.42 Å². The van der Waals surface area contributed by atoms with Crippen LogP contribution in [0, 0.1) is 0 Å². The lowest BCUT2D eigenvalue weighted by Gasteiger charge is -2.00. The molecule has 16 heavy (non-hydrogen) atoms. The molecule has 0 radical (unpaired) electrons. The number of hydrogen-bond donors (Lipinski definition) is 2. The second-order valence-corrected chi connectivity index (χ2v) is 4.53. The molecule has 90 valence electrons. The maximum atomic E-state index is 10.4. The Morgan fingerprint density at radius 1 is 1.56 bits per heavy atom. The molecule has 0 fully saturated rings. The highest BCUT2D eigenvalue weighted by Gasteiger charge is 2.03. The smallest absolute Gasteiger partial charge is 0.303 e. The quantitative estimate of drug-likeness (QED) is 0.688. The number of rotatable bonds is 8. The summed E-state index contributed by atoms with van der Waals surface area (Å²) in [4.78, 5) is 14.7. The number of thiazole rings is 1. The number of unbranched alkanes of at least 4 members (excludes halogenated alkanes) is 2. The lowest BCUT2D eigenvalue weighted by Crippen LogP contribution is -2.01. The van der Waals surface area contributed by atoms with Crippen LogP contribution in [0.1, 0.15) is 38.3 Å². The zero-order chi connectivity index (χ0) is 11.8. The van der Waals surface area contributed by atoms with Crippen LogP contribution in [-0.2, 0) is 11.2 Å². The maximum absolute atomic E-state index is 10.4. The molecule has 0 saturated heterocycles. The highest BCUT2D eigenvalue weighted by Crippen LogP contribution is 2.16. The first kappa shape index (κ1) is 13.0. The third-order valence-corrected chi connectivity index (χ3v) is 3.05. The zero-order valence-corrected chi connectivity index (χ0v) is 10.3. The topological polar surface area (TPSA) is 62.2 Å². The summed E-state index contributed by atoms with van der Waals surface area (Å²) in [5.41, 5.74) is 0.866. The molecular weight excluding hydrogens is 224 g/mol. The lowest BCUT2D eigenvalue weighted by atomic mass is 10.2. The van der Waals surface area contributed by atoms with Gasteiger partial charge in [0.25, 0.3) is 0 Å². The molecule has 1 rings (SSSR count). The largest absolute Gasteiger partial charge is 0.481 e. The van der Waals surface area contributed by atoms with Gasteiger partial charge in [0.1, 0.15) is 0 Å². The van der Waals surface area contributed by atoms with Gasteiger partial charge in [-0.2, -0.15) is 0 Å². The number of carbonyl (C=O) groups is 1. The molecule has 2 N–H and O–H groups in total. The Balaban J connectivity index is 2.25. The summed E-state index contributed by atoms with van der Waals surface area (Å²) in [6.45, 7) is 3.12. The average Bonchev–Trinajstić information content (AvgIpc) is 2.70. The number of nitrogens with zero attached hydrogens (tertiary/aromatic N) is 1. The molecule has 0 aliphatic rings. The van der Waals surface area contributed by atoms with E-state index in [0.717, 1.165) is 23.8 Å². The Kier molecular flexibility index (Phi) is 5.85. The van der Waals surface area contributed by atoms with Gasteiger partial charge in [0.2, 0.25) is 0 Å². The third kappa shape index (κ3) is 5.11. The number of aryl methyl sites for hydroxylation is 1. The standard InChI is InChI=1S/C11H18N2O2S/c1-2-3-4-7-12-11-13-9(8-16-11)5-6-10(14)15/h8H,2-7H2,1H3,(H,12,13)(H,14,15). The minimum atomic E-state index is -0.773. The Bertz CT molecular complexity index is 326. The molecular formula is C11H18N2O2S. The van der Waals surface area contributed by atoms with E-state index in [0.29, 0.717) is 6.42 Å². The van der Waals surface area contributed by atoms with E-state index in [9.17, 15) is 4.79 Å². The summed E-state index contributed by atoms with van der Waals surface area (Å²) in [6, 6.07) is 0. The Hall–Kier alpha value is -1.10. The lowest BCUT2D eigenvalue weighted by molar-refractivity contribution is -0.136. The molecule has 4 nitrogen and oxygen atoms in total. The fourth-order valence-electron chi connectivity index (χ4n) is 1.31. The molecule has 0 bridgehead atoms. The molecule has 0 aliphatic carbocycles. The van der Waals surface area contributed by atoms with Crippen LogP contribution in [0.3, 0.4) is 0 Å². The fraction of sp³-hybridized carbons (Fsp3) is 0.636. The van der Waals surface area contributed by atoms with Crippen LogP contribution in [0.25, 0.3) is 0 Å². The maximum Gasteiger partial charge on any atom is 0.303 e. The van der Waals surface area contributed by atoms with Crippen molar-refractivity contribution in [3.05, 3.63) is 11.1 Å². The van der Waals surface area contributed by atoms with E-state index in [-0.39, 0.29) is 6.42 Å². The van der Waals surface area contributed by atoms with Gasteiger partial charge in [0.05, 0.1) is 12.1 Å². The number of aromatic nitrogens is 1. The zero-order valence-electron chi connectivity index (χ0n) is 9.53. The van der Waals surface area contributed by atoms with Crippen molar-refractivity contribution in [2.75, 3.05) is 11.9 Å². The van der Waals surface area contributed by atoms with E-state index < -0.39 is 5.97 Å². The Labute approximate surface area is 99.7 Å². The third-order valence-electron chi connectivity index (χ3n) is 2.20. The molecule has 5 heteroatoms. The molecule has 0 atom stereocenters. The molecule has 1 aromatic heterocycles. The van der Waals surface area contributed by atoms with Crippen molar-refractivity contribution in [3.8, 4) is 0 Å². The predicted octanol–water partition coefficient (Wildman–Crippen LogP) is 2.76. The molecule has 0 saturated carbocycles. The van der Waals surface area contributed by atoms with Gasteiger partial charge in [-0.1, -0.05) is 19.8 Å². The number of nitrogens with one attached hydrogen (secondary N) is 1. The van der Waals surface area contributed by atoms with E-state index in [1.54, 1.807) is 11.3 Å².